The first kappa shape index (κ1) is 20.7. The summed E-state index contributed by atoms with van der Waals surface area (Å²) in [5, 5.41) is 18.5. The molecule has 4 rings (SSSR count). The van der Waals surface area contributed by atoms with Gasteiger partial charge in [-0.15, -0.1) is 0 Å². The molecule has 3 aromatic rings. The molecule has 2 heterocycles. The van der Waals surface area contributed by atoms with E-state index in [2.05, 4.69) is 25.5 Å². The molecule has 31 heavy (non-hydrogen) atoms. The highest BCUT2D eigenvalue weighted by Crippen LogP contribution is 2.55. The van der Waals surface area contributed by atoms with Crippen LogP contribution in [0.2, 0.25) is 0 Å². The number of nitrogens with zero attached hydrogens (tertiary/aromatic N) is 3. The number of aromatic nitrogens is 4. The molecular formula is C21H19F3N6O. The van der Waals surface area contributed by atoms with E-state index in [-0.39, 0.29) is 11.9 Å². The van der Waals surface area contributed by atoms with Gasteiger partial charge in [-0.2, -0.15) is 23.5 Å². The van der Waals surface area contributed by atoms with Crippen LogP contribution in [0.25, 0.3) is 0 Å². The number of H-pyrrole nitrogens is 2. The molecule has 0 radical (unpaired) electrons. The minimum atomic E-state index is -4.59. The molecule has 1 saturated carbocycles. The van der Waals surface area contributed by atoms with E-state index in [9.17, 15) is 23.2 Å². The minimum Gasteiger partial charge on any atom is -0.357 e. The highest BCUT2D eigenvalue weighted by molar-refractivity contribution is 5.94. The molecule has 1 atom stereocenters. The summed E-state index contributed by atoms with van der Waals surface area (Å²) in [4.78, 5) is 19.8. The first-order valence-corrected chi connectivity index (χ1v) is 9.64. The Labute approximate surface area is 175 Å². The standard InChI is InChI=1S/C21H19F3N6O/c1-11-16(9-26-17(11)19(31)29-12(2)18-27-10-28-30-18)20(5-6-20)14-3-4-15(21(22,23)24)13(7-14)8-25/h3-4,7,9-10,12,26H,5-6H2,1-2H3,(H,29,31)(H,27,28,30). The molecular weight excluding hydrogens is 409 g/mol. The molecule has 1 aromatic carbocycles. The summed E-state index contributed by atoms with van der Waals surface area (Å²) in [6.45, 7) is 3.57. The molecule has 1 unspecified atom stereocenters. The highest BCUT2D eigenvalue weighted by atomic mass is 19.4. The number of carbonyl (C=O) groups excluding carboxylic acids is 1. The van der Waals surface area contributed by atoms with Crippen molar-refractivity contribution >= 4 is 5.91 Å². The van der Waals surface area contributed by atoms with Gasteiger partial charge < -0.3 is 10.3 Å². The van der Waals surface area contributed by atoms with E-state index in [0.29, 0.717) is 17.1 Å². The maximum absolute atomic E-state index is 13.2. The molecule has 1 fully saturated rings. The third kappa shape index (κ3) is 3.56. The quantitative estimate of drug-likeness (QED) is 0.572. The van der Waals surface area contributed by atoms with Crippen LogP contribution < -0.4 is 5.32 Å². The van der Waals surface area contributed by atoms with Gasteiger partial charge in [-0.1, -0.05) is 6.07 Å². The second-order valence-electron chi connectivity index (χ2n) is 7.72. The van der Waals surface area contributed by atoms with Crippen molar-refractivity contribution in [3.63, 3.8) is 0 Å². The third-order valence-electron chi connectivity index (χ3n) is 5.82. The summed E-state index contributed by atoms with van der Waals surface area (Å²) < 4.78 is 39.5. The lowest BCUT2D eigenvalue weighted by Crippen LogP contribution is -2.28. The molecule has 1 amide bonds. The Kier molecular flexibility index (Phi) is 4.84. The fourth-order valence-electron chi connectivity index (χ4n) is 4.01. The van der Waals surface area contributed by atoms with Crippen molar-refractivity contribution in [1.29, 1.82) is 5.26 Å². The molecule has 10 heteroatoms. The maximum atomic E-state index is 13.2. The van der Waals surface area contributed by atoms with Crippen LogP contribution in [0.4, 0.5) is 13.2 Å². The van der Waals surface area contributed by atoms with Crippen molar-refractivity contribution < 1.29 is 18.0 Å². The van der Waals surface area contributed by atoms with Crippen LogP contribution >= 0.6 is 0 Å². The van der Waals surface area contributed by atoms with E-state index >= 15 is 0 Å². The second-order valence-corrected chi connectivity index (χ2v) is 7.72. The number of hydrogen-bond donors (Lipinski definition) is 3. The van der Waals surface area contributed by atoms with Crippen molar-refractivity contribution in [2.24, 2.45) is 0 Å². The highest BCUT2D eigenvalue weighted by Gasteiger charge is 2.48. The topological polar surface area (TPSA) is 110 Å². The number of halogens is 3. The molecule has 3 N–H and O–H groups in total. The number of carbonyl (C=O) groups is 1. The summed E-state index contributed by atoms with van der Waals surface area (Å²) in [5.74, 6) is 0.193. The van der Waals surface area contributed by atoms with Gasteiger partial charge >= 0.3 is 6.18 Å². The Morgan fingerprint density at radius 2 is 2.10 bits per heavy atom. The SMILES string of the molecule is Cc1c(C2(c3ccc(C(F)(F)F)c(C#N)c3)CC2)c[nH]c1C(=O)NC(C)c1ncn[nH]1. The van der Waals surface area contributed by atoms with E-state index in [1.54, 1.807) is 26.1 Å². The zero-order valence-electron chi connectivity index (χ0n) is 16.8. The van der Waals surface area contributed by atoms with Crippen LogP contribution in [0.1, 0.15) is 69.9 Å². The van der Waals surface area contributed by atoms with Crippen LogP contribution in [0.3, 0.4) is 0 Å². The number of nitrogens with one attached hydrogen (secondary N) is 3. The maximum Gasteiger partial charge on any atom is 0.417 e. The lowest BCUT2D eigenvalue weighted by Gasteiger charge is -2.18. The van der Waals surface area contributed by atoms with Gasteiger partial charge in [0.1, 0.15) is 17.8 Å². The van der Waals surface area contributed by atoms with Crippen molar-refractivity contribution in [1.82, 2.24) is 25.5 Å². The molecule has 160 valence electrons. The zero-order chi connectivity index (χ0) is 22.4. The third-order valence-corrected chi connectivity index (χ3v) is 5.82. The van der Waals surface area contributed by atoms with Crippen LogP contribution in [0.5, 0.6) is 0 Å². The first-order valence-electron chi connectivity index (χ1n) is 9.64. The zero-order valence-corrected chi connectivity index (χ0v) is 16.8. The Balaban J connectivity index is 1.63. The molecule has 0 aliphatic heterocycles. The van der Waals surface area contributed by atoms with Crippen molar-refractivity contribution in [2.45, 2.75) is 44.3 Å². The van der Waals surface area contributed by atoms with Crippen LogP contribution in [-0.4, -0.2) is 26.1 Å². The Bertz CT molecular complexity index is 1170. The number of rotatable bonds is 5. The lowest BCUT2D eigenvalue weighted by molar-refractivity contribution is -0.137. The lowest BCUT2D eigenvalue weighted by atomic mass is 9.85. The van der Waals surface area contributed by atoms with E-state index in [1.165, 1.54) is 18.5 Å². The normalized spacial score (nSPS) is 15.9. The second kappa shape index (κ2) is 7.27. The Morgan fingerprint density at radius 1 is 1.35 bits per heavy atom. The average molecular weight is 428 g/mol. The molecule has 1 aliphatic carbocycles. The van der Waals surface area contributed by atoms with Crippen molar-refractivity contribution in [3.05, 3.63) is 70.1 Å². The minimum absolute atomic E-state index is 0.325. The monoisotopic (exact) mass is 428 g/mol. The molecule has 0 saturated heterocycles. The summed E-state index contributed by atoms with van der Waals surface area (Å²) in [6.07, 6.45) is -0.0723. The Morgan fingerprint density at radius 3 is 2.68 bits per heavy atom. The number of hydrogen-bond acceptors (Lipinski definition) is 4. The van der Waals surface area contributed by atoms with Crippen molar-refractivity contribution in [3.8, 4) is 6.07 Å². The van der Waals surface area contributed by atoms with Gasteiger partial charge in [0.2, 0.25) is 0 Å². The van der Waals surface area contributed by atoms with Gasteiger partial charge in [-0.25, -0.2) is 4.98 Å². The van der Waals surface area contributed by atoms with E-state index < -0.39 is 22.7 Å². The fourth-order valence-corrected chi connectivity index (χ4v) is 4.01. The van der Waals surface area contributed by atoms with Gasteiger partial charge in [0.15, 0.2) is 0 Å². The number of benzene rings is 1. The summed E-state index contributed by atoms with van der Waals surface area (Å²) in [5.41, 5.74) is 0.726. The Hall–Kier alpha value is -3.61. The largest absolute Gasteiger partial charge is 0.417 e. The fraction of sp³-hybridized carbons (Fsp3) is 0.333. The number of nitriles is 1. The molecule has 0 bridgehead atoms. The van der Waals surface area contributed by atoms with Crippen LogP contribution in [-0.2, 0) is 11.6 Å². The average Bonchev–Trinajstić information content (AvgIpc) is 3.15. The van der Waals surface area contributed by atoms with Gasteiger partial charge in [0.25, 0.3) is 5.91 Å². The summed E-state index contributed by atoms with van der Waals surface area (Å²) in [7, 11) is 0. The number of amides is 1. The van der Waals surface area contributed by atoms with E-state index in [1.807, 2.05) is 0 Å². The van der Waals surface area contributed by atoms with Gasteiger partial charge in [0, 0.05) is 11.6 Å². The molecule has 2 aromatic heterocycles. The number of aromatic amines is 2. The predicted molar refractivity (Wildman–Crippen MR) is 104 cm³/mol. The van der Waals surface area contributed by atoms with E-state index in [4.69, 9.17) is 0 Å². The first-order chi connectivity index (χ1) is 14.7. The van der Waals surface area contributed by atoms with Crippen molar-refractivity contribution in [2.75, 3.05) is 0 Å². The molecule has 0 spiro atoms. The smallest absolute Gasteiger partial charge is 0.357 e. The van der Waals surface area contributed by atoms with Crippen LogP contribution in [0.15, 0.2) is 30.7 Å². The predicted octanol–water partition coefficient (Wildman–Crippen LogP) is 3.90. The summed E-state index contributed by atoms with van der Waals surface area (Å²) >= 11 is 0. The molecule has 1 aliphatic rings. The van der Waals surface area contributed by atoms with Crippen LogP contribution in [0, 0.1) is 18.3 Å². The number of alkyl halides is 3. The van der Waals surface area contributed by atoms with Gasteiger partial charge in [0.05, 0.1) is 23.2 Å². The van der Waals surface area contributed by atoms with Gasteiger partial charge in [-0.05, 0) is 55.5 Å². The molecule has 7 nitrogen and oxygen atoms in total. The van der Waals surface area contributed by atoms with Gasteiger partial charge in [-0.3, -0.25) is 9.89 Å². The van der Waals surface area contributed by atoms with E-state index in [0.717, 1.165) is 30.0 Å². The summed E-state index contributed by atoms with van der Waals surface area (Å²) in [6, 6.07) is 4.98.